The zero-order valence-corrected chi connectivity index (χ0v) is 12.8. The Morgan fingerprint density at radius 3 is 2.65 bits per heavy atom. The van der Waals surface area contributed by atoms with E-state index >= 15 is 0 Å². The van der Waals surface area contributed by atoms with E-state index in [9.17, 15) is 8.42 Å². The highest BCUT2D eigenvalue weighted by Crippen LogP contribution is 2.29. The van der Waals surface area contributed by atoms with Crippen molar-refractivity contribution in [1.29, 1.82) is 0 Å². The first-order valence-corrected chi connectivity index (χ1v) is 8.38. The first kappa shape index (κ1) is 15.2. The zero-order chi connectivity index (χ0) is 13.1. The average Bonchev–Trinajstić information content (AvgIpc) is 2.59. The normalized spacial score (nSPS) is 13.9. The van der Waals surface area contributed by atoms with Crippen LogP contribution in [0.5, 0.6) is 0 Å². The largest absolute Gasteiger partial charge is 0.250 e. The van der Waals surface area contributed by atoms with Gasteiger partial charge in [0.05, 0.1) is 4.34 Å². The fourth-order valence-corrected chi connectivity index (χ4v) is 4.10. The lowest BCUT2D eigenvalue weighted by Crippen LogP contribution is -2.25. The van der Waals surface area contributed by atoms with Crippen LogP contribution in [0.4, 0.5) is 0 Å². The number of alkyl halides is 1. The van der Waals surface area contributed by atoms with Crippen LogP contribution in [-0.2, 0) is 10.0 Å². The maximum absolute atomic E-state index is 11.9. The van der Waals surface area contributed by atoms with Gasteiger partial charge in [0.1, 0.15) is 4.21 Å². The van der Waals surface area contributed by atoms with Gasteiger partial charge >= 0.3 is 0 Å². The first-order valence-electron chi connectivity index (χ1n) is 5.26. The average molecular weight is 316 g/mol. The summed E-state index contributed by atoms with van der Waals surface area (Å²) in [5.41, 5.74) is 0.779. The van der Waals surface area contributed by atoms with Crippen molar-refractivity contribution in [3.05, 3.63) is 16.0 Å². The van der Waals surface area contributed by atoms with Gasteiger partial charge in [-0.15, -0.1) is 22.9 Å². The lowest BCUT2D eigenvalue weighted by Gasteiger charge is -2.07. The van der Waals surface area contributed by atoms with Crippen LogP contribution in [0.2, 0.25) is 4.34 Å². The van der Waals surface area contributed by atoms with E-state index in [1.807, 2.05) is 6.92 Å². The summed E-state index contributed by atoms with van der Waals surface area (Å²) >= 11 is 12.8. The molecule has 0 saturated heterocycles. The van der Waals surface area contributed by atoms with Crippen molar-refractivity contribution in [3.8, 4) is 0 Å². The molecule has 1 N–H and O–H groups in total. The Hall–Kier alpha value is 0.190. The molecule has 0 radical (unpaired) electrons. The third-order valence-corrected chi connectivity index (χ3v) is 6.31. The van der Waals surface area contributed by atoms with Gasteiger partial charge in [0.25, 0.3) is 0 Å². The molecule has 98 valence electrons. The highest BCUT2D eigenvalue weighted by atomic mass is 35.5. The minimum Gasteiger partial charge on any atom is -0.210 e. The van der Waals surface area contributed by atoms with Crippen molar-refractivity contribution in [1.82, 2.24) is 4.72 Å². The molecule has 0 aliphatic carbocycles. The van der Waals surface area contributed by atoms with Crippen LogP contribution in [0.1, 0.15) is 25.3 Å². The van der Waals surface area contributed by atoms with Gasteiger partial charge in [0, 0.05) is 11.9 Å². The molecule has 0 aliphatic heterocycles. The Morgan fingerprint density at radius 2 is 2.18 bits per heavy atom. The van der Waals surface area contributed by atoms with Gasteiger partial charge in [0.2, 0.25) is 10.0 Å². The Labute approximate surface area is 116 Å². The molecule has 0 amide bonds. The number of aryl methyl sites for hydroxylation is 1. The van der Waals surface area contributed by atoms with E-state index in [1.54, 1.807) is 13.0 Å². The summed E-state index contributed by atoms with van der Waals surface area (Å²) in [4.78, 5) is 0. The van der Waals surface area contributed by atoms with E-state index in [0.717, 1.165) is 23.3 Å². The highest BCUT2D eigenvalue weighted by Gasteiger charge is 2.18. The lowest BCUT2D eigenvalue weighted by atomic mass is 10.2. The molecule has 1 unspecified atom stereocenters. The van der Waals surface area contributed by atoms with Gasteiger partial charge in [-0.3, -0.25) is 0 Å². The molecule has 1 rings (SSSR count). The quantitative estimate of drug-likeness (QED) is 0.818. The topological polar surface area (TPSA) is 46.2 Å². The van der Waals surface area contributed by atoms with Crippen molar-refractivity contribution in [2.75, 3.05) is 6.54 Å². The number of thiophene rings is 1. The molecule has 1 atom stereocenters. The van der Waals surface area contributed by atoms with Gasteiger partial charge in [0.15, 0.2) is 0 Å². The molecule has 0 bridgehead atoms. The van der Waals surface area contributed by atoms with E-state index in [0.29, 0.717) is 17.3 Å². The summed E-state index contributed by atoms with van der Waals surface area (Å²) in [7, 11) is -3.44. The monoisotopic (exact) mass is 315 g/mol. The molecule has 17 heavy (non-hydrogen) atoms. The molecule has 1 aromatic rings. The van der Waals surface area contributed by atoms with Gasteiger partial charge in [-0.05, 0) is 31.4 Å². The Bertz CT molecular complexity index is 451. The molecule has 3 nitrogen and oxygen atoms in total. The second kappa shape index (κ2) is 6.38. The summed E-state index contributed by atoms with van der Waals surface area (Å²) in [5.74, 6) is 0. The van der Waals surface area contributed by atoms with Crippen molar-refractivity contribution in [3.63, 3.8) is 0 Å². The van der Waals surface area contributed by atoms with Crippen LogP contribution in [-0.4, -0.2) is 20.3 Å². The van der Waals surface area contributed by atoms with Gasteiger partial charge in [-0.1, -0.05) is 18.5 Å². The standard InChI is InChI=1S/C10H15Cl2NO2S2/c1-3-8(11)4-5-13-17(14,15)9-6-7(2)10(12)16-9/h6,8,13H,3-5H2,1-2H3. The Kier molecular flexibility index (Phi) is 5.73. The van der Waals surface area contributed by atoms with Crippen molar-refractivity contribution in [2.24, 2.45) is 0 Å². The SMILES string of the molecule is CCC(Cl)CCNS(=O)(=O)c1cc(C)c(Cl)s1. The minimum atomic E-state index is -3.44. The minimum absolute atomic E-state index is 0.00589. The molecular weight excluding hydrogens is 301 g/mol. The number of sulfonamides is 1. The number of hydrogen-bond acceptors (Lipinski definition) is 3. The maximum Gasteiger partial charge on any atom is 0.250 e. The first-order chi connectivity index (χ1) is 7.86. The van der Waals surface area contributed by atoms with Crippen LogP contribution in [0.25, 0.3) is 0 Å². The smallest absolute Gasteiger partial charge is 0.210 e. The van der Waals surface area contributed by atoms with E-state index in [1.165, 1.54) is 0 Å². The maximum atomic E-state index is 11.9. The molecule has 0 saturated carbocycles. The Morgan fingerprint density at radius 1 is 1.53 bits per heavy atom. The number of halogens is 2. The molecular formula is C10H15Cl2NO2S2. The molecule has 1 heterocycles. The second-order valence-electron chi connectivity index (χ2n) is 3.71. The fourth-order valence-electron chi connectivity index (χ4n) is 1.19. The van der Waals surface area contributed by atoms with E-state index < -0.39 is 10.0 Å². The van der Waals surface area contributed by atoms with E-state index in [4.69, 9.17) is 23.2 Å². The fraction of sp³-hybridized carbons (Fsp3) is 0.600. The third-order valence-electron chi connectivity index (χ3n) is 2.29. The second-order valence-corrected chi connectivity index (χ2v) is 7.98. The van der Waals surface area contributed by atoms with Gasteiger partial charge < -0.3 is 0 Å². The summed E-state index contributed by atoms with van der Waals surface area (Å²) in [5, 5.41) is 0.00589. The number of rotatable bonds is 6. The molecule has 0 aromatic carbocycles. The summed E-state index contributed by atoms with van der Waals surface area (Å²) < 4.78 is 27.0. The third kappa shape index (κ3) is 4.41. The predicted molar refractivity (Wildman–Crippen MR) is 73.8 cm³/mol. The molecule has 0 fully saturated rings. The lowest BCUT2D eigenvalue weighted by molar-refractivity contribution is 0.578. The van der Waals surface area contributed by atoms with Crippen LogP contribution < -0.4 is 4.72 Å². The molecule has 0 spiro atoms. The van der Waals surface area contributed by atoms with Crippen molar-refractivity contribution >= 4 is 44.6 Å². The van der Waals surface area contributed by atoms with Crippen LogP contribution >= 0.6 is 34.5 Å². The van der Waals surface area contributed by atoms with Crippen LogP contribution in [0, 0.1) is 6.92 Å². The number of nitrogens with one attached hydrogen (secondary N) is 1. The Balaban J connectivity index is 2.63. The van der Waals surface area contributed by atoms with Crippen molar-refractivity contribution in [2.45, 2.75) is 36.3 Å². The highest BCUT2D eigenvalue weighted by molar-refractivity contribution is 7.91. The van der Waals surface area contributed by atoms with Crippen molar-refractivity contribution < 1.29 is 8.42 Å². The summed E-state index contributed by atoms with van der Waals surface area (Å²) in [6, 6.07) is 1.58. The molecule has 1 aromatic heterocycles. The van der Waals surface area contributed by atoms with Crippen LogP contribution in [0.3, 0.4) is 0 Å². The molecule has 0 aliphatic rings. The summed E-state index contributed by atoms with van der Waals surface area (Å²) in [6.07, 6.45) is 1.45. The predicted octanol–water partition coefficient (Wildman–Crippen LogP) is 3.40. The molecule has 7 heteroatoms. The summed E-state index contributed by atoms with van der Waals surface area (Å²) in [6.45, 7) is 4.09. The van der Waals surface area contributed by atoms with Crippen LogP contribution in [0.15, 0.2) is 10.3 Å². The van der Waals surface area contributed by atoms with Gasteiger partial charge in [-0.25, -0.2) is 13.1 Å². The van der Waals surface area contributed by atoms with Gasteiger partial charge in [-0.2, -0.15) is 0 Å². The number of hydrogen-bond donors (Lipinski definition) is 1. The zero-order valence-electron chi connectivity index (χ0n) is 9.66. The van der Waals surface area contributed by atoms with E-state index in [-0.39, 0.29) is 9.59 Å². The van der Waals surface area contributed by atoms with E-state index in [2.05, 4.69) is 4.72 Å².